The molecule has 4 aromatic rings. The van der Waals surface area contributed by atoms with E-state index in [4.69, 9.17) is 9.15 Å². The first-order chi connectivity index (χ1) is 15.5. The van der Waals surface area contributed by atoms with Crippen LogP contribution in [0.25, 0.3) is 11.0 Å². The topological polar surface area (TPSA) is 85.5 Å². The third-order valence-corrected chi connectivity index (χ3v) is 5.74. The lowest BCUT2D eigenvalue weighted by atomic mass is 9.97. The van der Waals surface area contributed by atoms with Gasteiger partial charge in [0.15, 0.2) is 5.43 Å². The zero-order valence-corrected chi connectivity index (χ0v) is 18.0. The Morgan fingerprint density at radius 3 is 2.53 bits per heavy atom. The Morgan fingerprint density at radius 1 is 1.03 bits per heavy atom. The van der Waals surface area contributed by atoms with E-state index in [-0.39, 0.29) is 22.7 Å². The van der Waals surface area contributed by atoms with E-state index in [2.05, 4.69) is 9.97 Å². The fourth-order valence-electron chi connectivity index (χ4n) is 4.11. The van der Waals surface area contributed by atoms with Gasteiger partial charge >= 0.3 is 0 Å². The molecule has 3 heterocycles. The molecule has 2 aromatic carbocycles. The van der Waals surface area contributed by atoms with Gasteiger partial charge in [0.25, 0.3) is 5.91 Å². The predicted octanol–water partition coefficient (Wildman–Crippen LogP) is 4.35. The van der Waals surface area contributed by atoms with Crippen LogP contribution < -0.4 is 15.1 Å². The largest absolute Gasteiger partial charge is 0.494 e. The minimum absolute atomic E-state index is 0.0185. The van der Waals surface area contributed by atoms with Crippen molar-refractivity contribution in [2.24, 2.45) is 0 Å². The highest BCUT2D eigenvalue weighted by Crippen LogP contribution is 2.40. The molecule has 0 saturated carbocycles. The minimum Gasteiger partial charge on any atom is -0.494 e. The molecule has 5 rings (SSSR count). The monoisotopic (exact) mass is 427 g/mol. The van der Waals surface area contributed by atoms with Crippen LogP contribution >= 0.6 is 0 Å². The average Bonchev–Trinajstić information content (AvgIpc) is 3.09. The van der Waals surface area contributed by atoms with Crippen molar-refractivity contribution in [3.05, 3.63) is 93.1 Å². The zero-order chi connectivity index (χ0) is 22.4. The van der Waals surface area contributed by atoms with Crippen molar-refractivity contribution in [1.82, 2.24) is 9.97 Å². The molecule has 160 valence electrons. The number of hydrogen-bond acceptors (Lipinski definition) is 6. The van der Waals surface area contributed by atoms with Crippen molar-refractivity contribution in [3.8, 4) is 5.75 Å². The van der Waals surface area contributed by atoms with Crippen LogP contribution in [-0.2, 0) is 0 Å². The van der Waals surface area contributed by atoms with E-state index in [9.17, 15) is 9.59 Å². The summed E-state index contributed by atoms with van der Waals surface area (Å²) < 4.78 is 11.7. The number of nitrogens with zero attached hydrogens (tertiary/aromatic N) is 3. The van der Waals surface area contributed by atoms with Crippen LogP contribution in [-0.4, -0.2) is 22.5 Å². The summed E-state index contributed by atoms with van der Waals surface area (Å²) in [7, 11) is 0. The van der Waals surface area contributed by atoms with Crippen molar-refractivity contribution in [3.63, 3.8) is 0 Å². The van der Waals surface area contributed by atoms with E-state index in [1.54, 1.807) is 24.5 Å². The molecular formula is C25H21N3O4. The summed E-state index contributed by atoms with van der Waals surface area (Å²) in [6.07, 6.45) is 3.12. The van der Waals surface area contributed by atoms with Crippen LogP contribution in [0.15, 0.2) is 64.1 Å². The fourth-order valence-corrected chi connectivity index (χ4v) is 4.11. The first-order valence-electron chi connectivity index (χ1n) is 10.4. The number of aromatic nitrogens is 2. The van der Waals surface area contributed by atoms with Crippen molar-refractivity contribution < 1.29 is 13.9 Å². The maximum absolute atomic E-state index is 13.7. The lowest BCUT2D eigenvalue weighted by molar-refractivity contribution is 0.0969. The molecule has 0 bridgehead atoms. The number of benzene rings is 2. The second kappa shape index (κ2) is 7.60. The molecule has 32 heavy (non-hydrogen) atoms. The second-order valence-electron chi connectivity index (χ2n) is 7.74. The van der Waals surface area contributed by atoms with Gasteiger partial charge in [0, 0.05) is 12.4 Å². The Labute approximate surface area is 184 Å². The van der Waals surface area contributed by atoms with E-state index < -0.39 is 11.9 Å². The normalized spacial score (nSPS) is 15.3. The number of rotatable bonds is 4. The third-order valence-electron chi connectivity index (χ3n) is 5.74. The van der Waals surface area contributed by atoms with Gasteiger partial charge in [-0.2, -0.15) is 0 Å². The summed E-state index contributed by atoms with van der Waals surface area (Å²) in [6, 6.07) is 11.9. The molecule has 0 radical (unpaired) electrons. The van der Waals surface area contributed by atoms with Crippen LogP contribution in [0.5, 0.6) is 5.75 Å². The molecule has 0 spiro atoms. The number of ether oxygens (including phenoxy) is 1. The number of fused-ring (bicyclic) bond motifs is 2. The first-order valence-corrected chi connectivity index (χ1v) is 10.4. The summed E-state index contributed by atoms with van der Waals surface area (Å²) in [4.78, 5) is 37.2. The molecule has 7 nitrogen and oxygen atoms in total. The molecule has 0 saturated heterocycles. The number of anilines is 1. The molecule has 1 aliphatic rings. The van der Waals surface area contributed by atoms with Crippen LogP contribution in [0, 0.1) is 13.8 Å². The smallest absolute Gasteiger partial charge is 0.297 e. The van der Waals surface area contributed by atoms with Crippen molar-refractivity contribution in [1.29, 1.82) is 0 Å². The van der Waals surface area contributed by atoms with Gasteiger partial charge in [-0.25, -0.2) is 9.97 Å². The van der Waals surface area contributed by atoms with Crippen molar-refractivity contribution in [2.45, 2.75) is 26.8 Å². The maximum atomic E-state index is 13.7. The second-order valence-corrected chi connectivity index (χ2v) is 7.74. The SMILES string of the molecule is CCOc1cccc(C2c3c(oc4cc(C)c(C)cc4c3=O)C(=O)N2c2ncccn2)c1. The summed E-state index contributed by atoms with van der Waals surface area (Å²) in [5.74, 6) is 0.420. The highest BCUT2D eigenvalue weighted by atomic mass is 16.5. The Hall–Kier alpha value is -4.00. The molecule has 1 aliphatic heterocycles. The molecule has 1 unspecified atom stereocenters. The number of carbonyl (C=O) groups is 1. The van der Waals surface area contributed by atoms with Gasteiger partial charge < -0.3 is 9.15 Å². The average molecular weight is 427 g/mol. The number of hydrogen-bond donors (Lipinski definition) is 0. The van der Waals surface area contributed by atoms with Gasteiger partial charge in [-0.15, -0.1) is 0 Å². The van der Waals surface area contributed by atoms with Crippen LogP contribution in [0.4, 0.5) is 5.95 Å². The highest BCUT2D eigenvalue weighted by Gasteiger charge is 2.45. The Kier molecular flexibility index (Phi) is 4.74. The molecule has 7 heteroatoms. The summed E-state index contributed by atoms with van der Waals surface area (Å²) >= 11 is 0. The minimum atomic E-state index is -0.734. The van der Waals surface area contributed by atoms with E-state index in [0.717, 1.165) is 11.1 Å². The molecule has 0 N–H and O–H groups in total. The third kappa shape index (κ3) is 3.05. The van der Waals surface area contributed by atoms with E-state index in [1.165, 1.54) is 4.90 Å². The number of aryl methyl sites for hydroxylation is 2. The quantitative estimate of drug-likeness (QED) is 0.481. The van der Waals surface area contributed by atoms with Gasteiger partial charge in [-0.1, -0.05) is 12.1 Å². The van der Waals surface area contributed by atoms with Crippen LogP contribution in [0.2, 0.25) is 0 Å². The highest BCUT2D eigenvalue weighted by molar-refractivity contribution is 6.09. The Bertz CT molecular complexity index is 1410. The van der Waals surface area contributed by atoms with Crippen LogP contribution in [0.3, 0.4) is 0 Å². The van der Waals surface area contributed by atoms with Gasteiger partial charge in [0.1, 0.15) is 11.3 Å². The zero-order valence-electron chi connectivity index (χ0n) is 18.0. The lowest BCUT2D eigenvalue weighted by Gasteiger charge is -2.23. The summed E-state index contributed by atoms with van der Waals surface area (Å²) in [5.41, 5.74) is 3.12. The standard InChI is InChI=1S/C25H21N3O4/c1-4-31-17-8-5-7-16(13-17)21-20-22(29)18-11-14(2)15(3)12-19(18)32-23(20)24(30)28(21)25-26-9-6-10-27-25/h5-13,21H,4H2,1-3H3. The maximum Gasteiger partial charge on any atom is 0.297 e. The summed E-state index contributed by atoms with van der Waals surface area (Å²) in [5, 5.41) is 0.446. The van der Waals surface area contributed by atoms with E-state index in [0.29, 0.717) is 28.9 Å². The van der Waals surface area contributed by atoms with Crippen molar-refractivity contribution in [2.75, 3.05) is 11.5 Å². The van der Waals surface area contributed by atoms with Crippen molar-refractivity contribution >= 4 is 22.8 Å². The van der Waals surface area contributed by atoms with E-state index in [1.807, 2.05) is 51.1 Å². The molecular weight excluding hydrogens is 406 g/mol. The molecule has 1 atom stereocenters. The van der Waals surface area contributed by atoms with E-state index >= 15 is 0 Å². The molecule has 2 aromatic heterocycles. The van der Waals surface area contributed by atoms with Gasteiger partial charge in [0.05, 0.1) is 23.6 Å². The number of carbonyl (C=O) groups excluding carboxylic acids is 1. The lowest BCUT2D eigenvalue weighted by Crippen LogP contribution is -2.31. The predicted molar refractivity (Wildman–Crippen MR) is 120 cm³/mol. The molecule has 0 aliphatic carbocycles. The molecule has 1 amide bonds. The van der Waals surface area contributed by atoms with Gasteiger partial charge in [0.2, 0.25) is 11.7 Å². The van der Waals surface area contributed by atoms with Crippen LogP contribution in [0.1, 0.15) is 45.8 Å². The molecule has 0 fully saturated rings. The summed E-state index contributed by atoms with van der Waals surface area (Å²) in [6.45, 7) is 6.28. The first kappa shape index (κ1) is 19.9. The van der Waals surface area contributed by atoms with Gasteiger partial charge in [-0.3, -0.25) is 14.5 Å². The number of amides is 1. The Morgan fingerprint density at radius 2 is 1.78 bits per heavy atom. The van der Waals surface area contributed by atoms with Gasteiger partial charge in [-0.05, 0) is 67.8 Å². The Balaban J connectivity index is 1.81. The fraction of sp³-hybridized carbons (Fsp3) is 0.200.